The largest absolute Gasteiger partial charge is 0.328 e. The Balaban J connectivity index is 1.87. The summed E-state index contributed by atoms with van der Waals surface area (Å²) in [5, 5.41) is 0. The smallest absolute Gasteiger partial charge is 0.0701 e. The van der Waals surface area contributed by atoms with Gasteiger partial charge >= 0.3 is 0 Å². The lowest BCUT2D eigenvalue weighted by Crippen LogP contribution is -2.29. The standard InChI is InChI=1S/C11H17BrN2S/c1-8(13)9-4-5-14(6-9)7-10-2-3-11(12)15-10/h2-3,8-9H,4-7,13H2,1H3. The van der Waals surface area contributed by atoms with E-state index in [0.29, 0.717) is 12.0 Å². The maximum Gasteiger partial charge on any atom is 0.0701 e. The van der Waals surface area contributed by atoms with E-state index in [9.17, 15) is 0 Å². The first-order valence-electron chi connectivity index (χ1n) is 5.37. The van der Waals surface area contributed by atoms with E-state index in [4.69, 9.17) is 5.73 Å². The van der Waals surface area contributed by atoms with Crippen LogP contribution >= 0.6 is 27.3 Å². The molecule has 2 rings (SSSR count). The summed E-state index contributed by atoms with van der Waals surface area (Å²) < 4.78 is 1.22. The van der Waals surface area contributed by atoms with Crippen LogP contribution in [0.15, 0.2) is 15.9 Å². The SMILES string of the molecule is CC(N)C1CCN(Cc2ccc(Br)s2)C1. The van der Waals surface area contributed by atoms with Crippen molar-refractivity contribution < 1.29 is 0 Å². The second-order valence-corrected chi connectivity index (χ2v) is 6.90. The number of thiophene rings is 1. The van der Waals surface area contributed by atoms with Crippen LogP contribution in [0, 0.1) is 5.92 Å². The molecule has 1 aromatic rings. The summed E-state index contributed by atoms with van der Waals surface area (Å²) in [5.41, 5.74) is 5.93. The Kier molecular flexibility index (Phi) is 3.83. The molecule has 0 amide bonds. The van der Waals surface area contributed by atoms with Crippen LogP contribution in [-0.2, 0) is 6.54 Å². The Bertz CT molecular complexity index is 324. The van der Waals surface area contributed by atoms with Crippen molar-refractivity contribution in [2.24, 2.45) is 11.7 Å². The van der Waals surface area contributed by atoms with Crippen LogP contribution < -0.4 is 5.73 Å². The Hall–Kier alpha value is 0.1000. The summed E-state index contributed by atoms with van der Waals surface area (Å²) in [6.45, 7) is 5.56. The van der Waals surface area contributed by atoms with Crippen molar-refractivity contribution in [1.29, 1.82) is 0 Å². The third kappa shape index (κ3) is 3.03. The van der Waals surface area contributed by atoms with Gasteiger partial charge in [-0.05, 0) is 53.9 Å². The number of nitrogens with zero attached hydrogens (tertiary/aromatic N) is 1. The lowest BCUT2D eigenvalue weighted by atomic mass is 10.0. The Morgan fingerprint density at radius 2 is 2.47 bits per heavy atom. The summed E-state index contributed by atoms with van der Waals surface area (Å²) in [5.74, 6) is 0.688. The summed E-state index contributed by atoms with van der Waals surface area (Å²) in [7, 11) is 0. The molecular formula is C11H17BrN2S. The van der Waals surface area contributed by atoms with E-state index in [0.717, 1.165) is 13.1 Å². The lowest BCUT2D eigenvalue weighted by molar-refractivity contribution is 0.311. The van der Waals surface area contributed by atoms with Gasteiger partial charge in [-0.2, -0.15) is 0 Å². The third-order valence-corrected chi connectivity index (χ3v) is 4.67. The van der Waals surface area contributed by atoms with Crippen molar-refractivity contribution >= 4 is 27.3 Å². The molecule has 0 bridgehead atoms. The topological polar surface area (TPSA) is 29.3 Å². The predicted octanol–water partition coefficient (Wildman–Crippen LogP) is 2.68. The van der Waals surface area contributed by atoms with Crippen molar-refractivity contribution in [3.63, 3.8) is 0 Å². The van der Waals surface area contributed by atoms with Crippen molar-refractivity contribution in [1.82, 2.24) is 4.90 Å². The summed E-state index contributed by atoms with van der Waals surface area (Å²) in [6.07, 6.45) is 1.25. The zero-order valence-electron chi connectivity index (χ0n) is 8.95. The highest BCUT2D eigenvalue weighted by Crippen LogP contribution is 2.26. The molecule has 2 N–H and O–H groups in total. The molecular weight excluding hydrogens is 272 g/mol. The van der Waals surface area contributed by atoms with Gasteiger partial charge in [0.25, 0.3) is 0 Å². The summed E-state index contributed by atoms with van der Waals surface area (Å²) in [6, 6.07) is 4.66. The second-order valence-electron chi connectivity index (χ2n) is 4.35. The number of hydrogen-bond donors (Lipinski definition) is 1. The minimum Gasteiger partial charge on any atom is -0.328 e. The molecule has 0 spiro atoms. The van der Waals surface area contributed by atoms with Gasteiger partial charge in [-0.25, -0.2) is 0 Å². The van der Waals surface area contributed by atoms with Gasteiger partial charge < -0.3 is 5.73 Å². The first-order chi connectivity index (χ1) is 7.15. The van der Waals surface area contributed by atoms with E-state index < -0.39 is 0 Å². The highest BCUT2D eigenvalue weighted by atomic mass is 79.9. The molecule has 2 heterocycles. The molecule has 0 saturated carbocycles. The highest BCUT2D eigenvalue weighted by Gasteiger charge is 2.25. The molecule has 1 fully saturated rings. The fraction of sp³-hybridized carbons (Fsp3) is 0.636. The van der Waals surface area contributed by atoms with E-state index in [1.165, 1.54) is 21.6 Å². The first kappa shape index (κ1) is 11.6. The maximum absolute atomic E-state index is 5.93. The zero-order chi connectivity index (χ0) is 10.8. The quantitative estimate of drug-likeness (QED) is 0.927. The second kappa shape index (κ2) is 4.95. The van der Waals surface area contributed by atoms with Crippen molar-refractivity contribution in [3.8, 4) is 0 Å². The monoisotopic (exact) mass is 288 g/mol. The Labute approximate surface area is 104 Å². The third-order valence-electron chi connectivity index (χ3n) is 3.06. The molecule has 0 aliphatic carbocycles. The van der Waals surface area contributed by atoms with Gasteiger partial charge in [-0.3, -0.25) is 4.90 Å². The van der Waals surface area contributed by atoms with Crippen LogP contribution in [-0.4, -0.2) is 24.0 Å². The minimum atomic E-state index is 0.338. The highest BCUT2D eigenvalue weighted by molar-refractivity contribution is 9.11. The minimum absolute atomic E-state index is 0.338. The molecule has 84 valence electrons. The van der Waals surface area contributed by atoms with E-state index in [2.05, 4.69) is 39.9 Å². The van der Waals surface area contributed by atoms with Crippen molar-refractivity contribution in [2.45, 2.75) is 25.9 Å². The van der Waals surface area contributed by atoms with E-state index in [-0.39, 0.29) is 0 Å². The van der Waals surface area contributed by atoms with E-state index in [1.54, 1.807) is 0 Å². The van der Waals surface area contributed by atoms with Crippen LogP contribution in [0.4, 0.5) is 0 Å². The first-order valence-corrected chi connectivity index (χ1v) is 6.98. The molecule has 1 aliphatic heterocycles. The van der Waals surface area contributed by atoms with E-state index >= 15 is 0 Å². The van der Waals surface area contributed by atoms with Gasteiger partial charge in [0, 0.05) is 24.0 Å². The van der Waals surface area contributed by atoms with Gasteiger partial charge in [0.1, 0.15) is 0 Å². The van der Waals surface area contributed by atoms with Crippen LogP contribution in [0.2, 0.25) is 0 Å². The number of rotatable bonds is 3. The van der Waals surface area contributed by atoms with Crippen LogP contribution in [0.25, 0.3) is 0 Å². The molecule has 1 aromatic heterocycles. The lowest BCUT2D eigenvalue weighted by Gasteiger charge is -2.16. The Morgan fingerprint density at radius 3 is 3.00 bits per heavy atom. The van der Waals surface area contributed by atoms with Gasteiger partial charge in [-0.15, -0.1) is 11.3 Å². The van der Waals surface area contributed by atoms with Crippen LogP contribution in [0.1, 0.15) is 18.2 Å². The van der Waals surface area contributed by atoms with Crippen LogP contribution in [0.5, 0.6) is 0 Å². The van der Waals surface area contributed by atoms with Crippen LogP contribution in [0.3, 0.4) is 0 Å². The molecule has 2 unspecified atom stereocenters. The molecule has 15 heavy (non-hydrogen) atoms. The van der Waals surface area contributed by atoms with Gasteiger partial charge in [0.15, 0.2) is 0 Å². The molecule has 2 nitrogen and oxygen atoms in total. The van der Waals surface area contributed by atoms with Crippen molar-refractivity contribution in [3.05, 3.63) is 20.8 Å². The average Bonchev–Trinajstić information content (AvgIpc) is 2.76. The van der Waals surface area contributed by atoms with Crippen molar-refractivity contribution in [2.75, 3.05) is 13.1 Å². The molecule has 1 aliphatic rings. The summed E-state index contributed by atoms with van der Waals surface area (Å²) >= 11 is 5.32. The van der Waals surface area contributed by atoms with Gasteiger partial charge in [0.2, 0.25) is 0 Å². The molecule has 1 saturated heterocycles. The number of hydrogen-bond acceptors (Lipinski definition) is 3. The molecule has 0 radical (unpaired) electrons. The fourth-order valence-corrected chi connectivity index (χ4v) is 3.62. The van der Waals surface area contributed by atoms with Gasteiger partial charge in [0.05, 0.1) is 3.79 Å². The predicted molar refractivity (Wildman–Crippen MR) is 69.1 cm³/mol. The number of likely N-dealkylation sites (tertiary alicyclic amines) is 1. The molecule has 0 aromatic carbocycles. The summed E-state index contributed by atoms with van der Waals surface area (Å²) in [4.78, 5) is 3.94. The molecule has 4 heteroatoms. The average molecular weight is 289 g/mol. The maximum atomic E-state index is 5.93. The van der Waals surface area contributed by atoms with E-state index in [1.807, 2.05) is 11.3 Å². The normalized spacial score (nSPS) is 24.6. The number of nitrogens with two attached hydrogens (primary N) is 1. The Morgan fingerprint density at radius 1 is 1.67 bits per heavy atom. The fourth-order valence-electron chi connectivity index (χ4n) is 2.09. The number of halogens is 1. The van der Waals surface area contributed by atoms with Gasteiger partial charge in [-0.1, -0.05) is 0 Å². The molecule has 2 atom stereocenters. The zero-order valence-corrected chi connectivity index (χ0v) is 11.4.